The van der Waals surface area contributed by atoms with E-state index in [1.165, 1.54) is 12.8 Å². The molecule has 1 aliphatic carbocycles. The third-order valence-corrected chi connectivity index (χ3v) is 4.57. The molecule has 0 amide bonds. The van der Waals surface area contributed by atoms with Gasteiger partial charge < -0.3 is 11.1 Å². The number of H-pyrrole nitrogens is 2. The third kappa shape index (κ3) is 2.63. The maximum atomic E-state index is 6.12. The van der Waals surface area contributed by atoms with E-state index in [1.807, 2.05) is 12.1 Å². The van der Waals surface area contributed by atoms with Gasteiger partial charge in [-0.05, 0) is 25.0 Å². The standard InChI is InChI=1S/C17H17N9/c18-16-11(14-5-13(25-26-14)9-1-2-9)6-20-17(23-16)21-8-15-10-7-22-24-12(10)3-4-19-15/h3-7,9H,1-2,8H2,(H,22,24)(H,25,26)(H3,18,20,21,23). The highest BCUT2D eigenvalue weighted by molar-refractivity contribution is 5.80. The van der Waals surface area contributed by atoms with Crippen molar-refractivity contribution < 1.29 is 0 Å². The molecule has 0 aromatic carbocycles. The van der Waals surface area contributed by atoms with E-state index in [1.54, 1.807) is 18.6 Å². The van der Waals surface area contributed by atoms with Crippen molar-refractivity contribution in [2.75, 3.05) is 11.1 Å². The normalized spacial score (nSPS) is 14.0. The first kappa shape index (κ1) is 14.8. The fourth-order valence-electron chi connectivity index (χ4n) is 2.98. The minimum atomic E-state index is 0.394. The number of nitrogen functional groups attached to an aromatic ring is 1. The van der Waals surface area contributed by atoms with Crippen molar-refractivity contribution >= 4 is 22.7 Å². The Morgan fingerprint density at radius 3 is 2.96 bits per heavy atom. The van der Waals surface area contributed by atoms with Crippen LogP contribution < -0.4 is 11.1 Å². The van der Waals surface area contributed by atoms with Gasteiger partial charge in [-0.1, -0.05) is 0 Å². The average Bonchev–Trinajstić information content (AvgIpc) is 3.18. The Hall–Kier alpha value is -3.49. The second-order valence-electron chi connectivity index (χ2n) is 6.42. The van der Waals surface area contributed by atoms with Gasteiger partial charge in [-0.25, -0.2) is 4.98 Å². The lowest BCUT2D eigenvalue weighted by atomic mass is 10.2. The molecular formula is C17H17N9. The molecule has 130 valence electrons. The second kappa shape index (κ2) is 5.80. The number of hydrogen-bond acceptors (Lipinski definition) is 7. The van der Waals surface area contributed by atoms with Crippen molar-refractivity contribution in [3.05, 3.63) is 42.1 Å². The van der Waals surface area contributed by atoms with Crippen LogP contribution in [0.25, 0.3) is 22.2 Å². The Morgan fingerprint density at radius 2 is 2.12 bits per heavy atom. The van der Waals surface area contributed by atoms with Gasteiger partial charge in [0.25, 0.3) is 0 Å². The minimum Gasteiger partial charge on any atom is -0.383 e. The molecule has 0 unspecified atom stereocenters. The lowest BCUT2D eigenvalue weighted by molar-refractivity contribution is 0.966. The van der Waals surface area contributed by atoms with Crippen LogP contribution in [0, 0.1) is 0 Å². The van der Waals surface area contributed by atoms with Gasteiger partial charge in [0.1, 0.15) is 5.82 Å². The van der Waals surface area contributed by atoms with Gasteiger partial charge in [0.2, 0.25) is 5.95 Å². The zero-order chi connectivity index (χ0) is 17.5. The third-order valence-electron chi connectivity index (χ3n) is 4.57. The molecule has 1 fully saturated rings. The number of rotatable bonds is 5. The quantitative estimate of drug-likeness (QED) is 0.435. The Morgan fingerprint density at radius 1 is 1.19 bits per heavy atom. The SMILES string of the molecule is Nc1nc(NCc2nccc3[nH]ncc23)ncc1-c1cc(C2CC2)[nH]n1. The highest BCUT2D eigenvalue weighted by Crippen LogP contribution is 2.40. The fourth-order valence-corrected chi connectivity index (χ4v) is 2.98. The lowest BCUT2D eigenvalue weighted by Gasteiger charge is -2.07. The number of nitrogens with two attached hydrogens (primary N) is 1. The van der Waals surface area contributed by atoms with Crippen molar-refractivity contribution in [3.63, 3.8) is 0 Å². The Kier molecular flexibility index (Phi) is 3.30. The monoisotopic (exact) mass is 347 g/mol. The van der Waals surface area contributed by atoms with Crippen molar-refractivity contribution in [2.45, 2.75) is 25.3 Å². The Bertz CT molecular complexity index is 1080. The summed E-state index contributed by atoms with van der Waals surface area (Å²) in [6.07, 6.45) is 7.63. The molecule has 26 heavy (non-hydrogen) atoms. The van der Waals surface area contributed by atoms with Crippen molar-refractivity contribution in [1.82, 2.24) is 35.3 Å². The number of hydrogen-bond donors (Lipinski definition) is 4. The van der Waals surface area contributed by atoms with Gasteiger partial charge in [0.05, 0.1) is 35.2 Å². The summed E-state index contributed by atoms with van der Waals surface area (Å²) in [6.45, 7) is 0.476. The summed E-state index contributed by atoms with van der Waals surface area (Å²) >= 11 is 0. The van der Waals surface area contributed by atoms with Crippen molar-refractivity contribution in [1.29, 1.82) is 0 Å². The number of fused-ring (bicyclic) bond motifs is 1. The van der Waals surface area contributed by atoms with Gasteiger partial charge in [0, 0.05) is 29.4 Å². The first-order valence-electron chi connectivity index (χ1n) is 8.47. The van der Waals surface area contributed by atoms with E-state index in [-0.39, 0.29) is 0 Å². The molecule has 0 bridgehead atoms. The summed E-state index contributed by atoms with van der Waals surface area (Å²) in [4.78, 5) is 13.1. The number of aromatic amines is 2. The van der Waals surface area contributed by atoms with Gasteiger partial charge in [0.15, 0.2) is 0 Å². The number of anilines is 2. The highest BCUT2D eigenvalue weighted by atomic mass is 15.1. The van der Waals surface area contributed by atoms with Gasteiger partial charge >= 0.3 is 0 Å². The van der Waals surface area contributed by atoms with Crippen molar-refractivity contribution in [3.8, 4) is 11.3 Å². The van der Waals surface area contributed by atoms with E-state index in [0.717, 1.165) is 33.5 Å². The number of pyridine rings is 1. The molecule has 0 radical (unpaired) electrons. The molecule has 4 heterocycles. The van der Waals surface area contributed by atoms with Crippen LogP contribution >= 0.6 is 0 Å². The van der Waals surface area contributed by atoms with Crippen molar-refractivity contribution in [2.24, 2.45) is 0 Å². The number of nitrogens with one attached hydrogen (secondary N) is 3. The Balaban J connectivity index is 1.35. The molecule has 4 aromatic heterocycles. The van der Waals surface area contributed by atoms with Gasteiger partial charge in [-0.15, -0.1) is 0 Å². The molecule has 4 aromatic rings. The molecule has 0 saturated heterocycles. The molecule has 0 aliphatic heterocycles. The van der Waals surface area contributed by atoms with Crippen LogP contribution in [0.5, 0.6) is 0 Å². The van der Waals surface area contributed by atoms with Gasteiger partial charge in [-0.3, -0.25) is 15.2 Å². The minimum absolute atomic E-state index is 0.394. The van der Waals surface area contributed by atoms with Crippen LogP contribution in [0.2, 0.25) is 0 Å². The predicted molar refractivity (Wildman–Crippen MR) is 97.2 cm³/mol. The zero-order valence-electron chi connectivity index (χ0n) is 13.9. The van der Waals surface area contributed by atoms with Crippen LogP contribution in [-0.2, 0) is 6.54 Å². The molecule has 5 rings (SSSR count). The molecule has 9 nitrogen and oxygen atoms in total. The highest BCUT2D eigenvalue weighted by Gasteiger charge is 2.26. The Labute approximate surface area is 148 Å². The molecule has 5 N–H and O–H groups in total. The van der Waals surface area contributed by atoms with Crippen LogP contribution in [0.1, 0.15) is 30.1 Å². The van der Waals surface area contributed by atoms with Crippen LogP contribution in [0.4, 0.5) is 11.8 Å². The maximum Gasteiger partial charge on any atom is 0.224 e. The van der Waals surface area contributed by atoms with Gasteiger partial charge in [-0.2, -0.15) is 15.2 Å². The molecule has 1 aliphatic rings. The predicted octanol–water partition coefficient (Wildman–Crippen LogP) is 2.21. The number of nitrogens with zero attached hydrogens (tertiary/aromatic N) is 5. The lowest BCUT2D eigenvalue weighted by Crippen LogP contribution is -2.07. The number of aromatic nitrogens is 7. The maximum absolute atomic E-state index is 6.12. The van der Waals surface area contributed by atoms with E-state index < -0.39 is 0 Å². The molecule has 1 saturated carbocycles. The van der Waals surface area contributed by atoms with Crippen LogP contribution in [0.15, 0.2) is 30.7 Å². The summed E-state index contributed by atoms with van der Waals surface area (Å²) in [6, 6.07) is 3.91. The summed E-state index contributed by atoms with van der Waals surface area (Å²) in [5.74, 6) is 1.45. The van der Waals surface area contributed by atoms with E-state index >= 15 is 0 Å². The summed E-state index contributed by atoms with van der Waals surface area (Å²) in [5, 5.41) is 18.5. The molecule has 9 heteroatoms. The van der Waals surface area contributed by atoms with E-state index in [4.69, 9.17) is 5.73 Å². The first-order chi connectivity index (χ1) is 12.8. The summed E-state index contributed by atoms with van der Waals surface area (Å²) < 4.78 is 0. The summed E-state index contributed by atoms with van der Waals surface area (Å²) in [5.41, 5.74) is 10.6. The summed E-state index contributed by atoms with van der Waals surface area (Å²) in [7, 11) is 0. The topological polar surface area (TPSA) is 134 Å². The van der Waals surface area contributed by atoms with E-state index in [0.29, 0.717) is 24.2 Å². The molecule has 0 spiro atoms. The van der Waals surface area contributed by atoms with Crippen LogP contribution in [-0.4, -0.2) is 35.3 Å². The smallest absolute Gasteiger partial charge is 0.224 e. The zero-order valence-corrected chi connectivity index (χ0v) is 13.9. The van der Waals surface area contributed by atoms with E-state index in [9.17, 15) is 0 Å². The molecule has 0 atom stereocenters. The van der Waals surface area contributed by atoms with Crippen LogP contribution in [0.3, 0.4) is 0 Å². The fraction of sp³-hybridized carbons (Fsp3) is 0.235. The largest absolute Gasteiger partial charge is 0.383 e. The first-order valence-corrected chi connectivity index (χ1v) is 8.47. The second-order valence-corrected chi connectivity index (χ2v) is 6.42. The molecular weight excluding hydrogens is 330 g/mol. The average molecular weight is 347 g/mol. The van der Waals surface area contributed by atoms with E-state index in [2.05, 4.69) is 40.7 Å².